The van der Waals surface area contributed by atoms with Crippen molar-refractivity contribution in [2.75, 3.05) is 11.6 Å². The van der Waals surface area contributed by atoms with Gasteiger partial charge in [-0.25, -0.2) is 8.42 Å². The summed E-state index contributed by atoms with van der Waals surface area (Å²) in [6, 6.07) is 9.27. The van der Waals surface area contributed by atoms with Crippen molar-refractivity contribution in [1.82, 2.24) is 19.8 Å². The molecule has 1 aliphatic carbocycles. The van der Waals surface area contributed by atoms with Gasteiger partial charge in [0.1, 0.15) is 5.69 Å². The molecular weight excluding hydrogens is 342 g/mol. The van der Waals surface area contributed by atoms with Gasteiger partial charge in [-0.1, -0.05) is 0 Å². The summed E-state index contributed by atoms with van der Waals surface area (Å²) in [6.07, 6.45) is 3.26. The highest BCUT2D eigenvalue weighted by atomic mass is 32.2. The smallest absolute Gasteiger partial charge is 0.276 e. The van der Waals surface area contributed by atoms with Gasteiger partial charge in [0.05, 0.1) is 4.90 Å². The molecule has 1 aliphatic rings. The summed E-state index contributed by atoms with van der Waals surface area (Å²) in [4.78, 5) is 12.6. The first-order chi connectivity index (χ1) is 11.9. The summed E-state index contributed by atoms with van der Waals surface area (Å²) in [6.45, 7) is 0. The fraction of sp³-hybridized carbons (Fsp3) is 0.250. The van der Waals surface area contributed by atoms with Gasteiger partial charge in [-0.2, -0.15) is 9.61 Å². The average molecular weight is 357 g/mol. The minimum absolute atomic E-state index is 0.198. The Kier molecular flexibility index (Phi) is 3.53. The Morgan fingerprint density at radius 1 is 1.12 bits per heavy atom. The molecule has 1 fully saturated rings. The van der Waals surface area contributed by atoms with E-state index in [-0.39, 0.29) is 16.5 Å². The van der Waals surface area contributed by atoms with Crippen LogP contribution in [0.1, 0.15) is 35.1 Å². The molecule has 0 atom stereocenters. The van der Waals surface area contributed by atoms with Crippen LogP contribution in [0.4, 0.5) is 5.69 Å². The number of nitrogens with zero attached hydrogens (tertiary/aromatic N) is 4. The first-order valence-corrected chi connectivity index (χ1v) is 9.65. The zero-order chi connectivity index (χ0) is 17.6. The minimum Gasteiger partial charge on any atom is -0.321 e. The number of fused-ring (bicyclic) bond motifs is 1. The number of rotatable bonds is 4. The molecule has 0 aliphatic heterocycles. The number of carbonyl (C=O) groups excluding carboxylic acids is 1. The van der Waals surface area contributed by atoms with Gasteiger partial charge in [0.2, 0.25) is 0 Å². The van der Waals surface area contributed by atoms with Gasteiger partial charge in [0.15, 0.2) is 21.3 Å². The number of aromatic nitrogens is 4. The molecular formula is C16H15N5O3S. The van der Waals surface area contributed by atoms with Crippen LogP contribution in [-0.4, -0.2) is 40.4 Å². The van der Waals surface area contributed by atoms with Crippen LogP contribution in [0.3, 0.4) is 0 Å². The fourth-order valence-electron chi connectivity index (χ4n) is 2.50. The highest BCUT2D eigenvalue weighted by Gasteiger charge is 2.29. The van der Waals surface area contributed by atoms with Gasteiger partial charge in [0, 0.05) is 17.9 Å². The largest absolute Gasteiger partial charge is 0.321 e. The van der Waals surface area contributed by atoms with Gasteiger partial charge in [-0.05, 0) is 49.2 Å². The molecule has 25 heavy (non-hydrogen) atoms. The van der Waals surface area contributed by atoms with Crippen molar-refractivity contribution in [2.24, 2.45) is 0 Å². The second-order valence-electron chi connectivity index (χ2n) is 6.07. The number of sulfone groups is 1. The Hall–Kier alpha value is -2.81. The van der Waals surface area contributed by atoms with Crippen molar-refractivity contribution < 1.29 is 13.2 Å². The van der Waals surface area contributed by atoms with Gasteiger partial charge in [-0.15, -0.1) is 10.2 Å². The van der Waals surface area contributed by atoms with Crippen LogP contribution in [0.25, 0.3) is 5.65 Å². The maximum absolute atomic E-state index is 12.4. The first-order valence-electron chi connectivity index (χ1n) is 7.76. The minimum atomic E-state index is -3.27. The third kappa shape index (κ3) is 3.10. The second-order valence-corrected chi connectivity index (χ2v) is 8.09. The number of amides is 1. The van der Waals surface area contributed by atoms with Crippen molar-refractivity contribution >= 4 is 27.1 Å². The van der Waals surface area contributed by atoms with E-state index in [0.29, 0.717) is 17.3 Å². The molecule has 1 aromatic carbocycles. The molecule has 0 saturated heterocycles. The molecule has 0 bridgehead atoms. The van der Waals surface area contributed by atoms with E-state index in [1.54, 1.807) is 28.8 Å². The lowest BCUT2D eigenvalue weighted by molar-refractivity contribution is 0.102. The normalized spacial score (nSPS) is 14.6. The molecule has 1 N–H and O–H groups in total. The molecule has 1 amide bonds. The van der Waals surface area contributed by atoms with E-state index >= 15 is 0 Å². The standard InChI is InChI=1S/C16H15N5O3S/c1-25(23,24)12-6-4-11(5-7-12)17-16(22)13-8-9-14-18-19-15(10-2-3-10)21(14)20-13/h4-10H,2-3H2,1H3,(H,17,22). The Labute approximate surface area is 143 Å². The lowest BCUT2D eigenvalue weighted by atomic mass is 10.3. The molecule has 128 valence electrons. The predicted octanol–water partition coefficient (Wildman–Crippen LogP) is 1.66. The Morgan fingerprint density at radius 3 is 2.48 bits per heavy atom. The van der Waals surface area contributed by atoms with Crippen molar-refractivity contribution in [2.45, 2.75) is 23.7 Å². The molecule has 2 heterocycles. The van der Waals surface area contributed by atoms with Crippen molar-refractivity contribution in [3.63, 3.8) is 0 Å². The van der Waals surface area contributed by atoms with E-state index < -0.39 is 9.84 Å². The van der Waals surface area contributed by atoms with Crippen molar-refractivity contribution in [1.29, 1.82) is 0 Å². The van der Waals surface area contributed by atoms with Gasteiger partial charge in [0.25, 0.3) is 5.91 Å². The maximum Gasteiger partial charge on any atom is 0.276 e. The van der Waals surface area contributed by atoms with Crippen LogP contribution in [-0.2, 0) is 9.84 Å². The lowest BCUT2D eigenvalue weighted by Crippen LogP contribution is -2.15. The van der Waals surface area contributed by atoms with E-state index in [1.807, 2.05) is 0 Å². The van der Waals surface area contributed by atoms with Crippen LogP contribution < -0.4 is 5.32 Å². The van der Waals surface area contributed by atoms with Crippen molar-refractivity contribution in [3.8, 4) is 0 Å². The van der Waals surface area contributed by atoms with Crippen molar-refractivity contribution in [3.05, 3.63) is 47.9 Å². The number of hydrogen-bond acceptors (Lipinski definition) is 6. The highest BCUT2D eigenvalue weighted by Crippen LogP contribution is 2.38. The van der Waals surface area contributed by atoms with Gasteiger partial charge in [-0.3, -0.25) is 4.79 Å². The van der Waals surface area contributed by atoms with Crippen LogP contribution in [0, 0.1) is 0 Å². The highest BCUT2D eigenvalue weighted by molar-refractivity contribution is 7.90. The van der Waals surface area contributed by atoms with E-state index in [0.717, 1.165) is 24.9 Å². The summed E-state index contributed by atoms with van der Waals surface area (Å²) in [5.74, 6) is 0.760. The van der Waals surface area contributed by atoms with E-state index in [2.05, 4.69) is 20.6 Å². The van der Waals surface area contributed by atoms with E-state index in [9.17, 15) is 13.2 Å². The molecule has 8 nitrogen and oxygen atoms in total. The quantitative estimate of drug-likeness (QED) is 0.761. The molecule has 2 aromatic heterocycles. The second kappa shape index (κ2) is 5.62. The fourth-order valence-corrected chi connectivity index (χ4v) is 3.13. The van der Waals surface area contributed by atoms with E-state index in [1.165, 1.54) is 12.1 Å². The summed E-state index contributed by atoms with van der Waals surface area (Å²) in [5, 5.41) is 15.2. The number of anilines is 1. The summed E-state index contributed by atoms with van der Waals surface area (Å²) in [7, 11) is -3.27. The molecule has 1 saturated carbocycles. The zero-order valence-electron chi connectivity index (χ0n) is 13.4. The molecule has 0 unspecified atom stereocenters. The monoisotopic (exact) mass is 357 g/mol. The average Bonchev–Trinajstić information content (AvgIpc) is 3.33. The lowest BCUT2D eigenvalue weighted by Gasteiger charge is -2.06. The number of nitrogens with one attached hydrogen (secondary N) is 1. The number of benzene rings is 1. The van der Waals surface area contributed by atoms with Crippen LogP contribution >= 0.6 is 0 Å². The number of carbonyl (C=O) groups is 1. The number of hydrogen-bond donors (Lipinski definition) is 1. The molecule has 4 rings (SSSR count). The Bertz CT molecular complexity index is 1070. The Balaban J connectivity index is 1.58. The predicted molar refractivity (Wildman–Crippen MR) is 90.3 cm³/mol. The van der Waals surface area contributed by atoms with Gasteiger partial charge < -0.3 is 5.32 Å². The summed E-state index contributed by atoms with van der Waals surface area (Å²) in [5.41, 5.74) is 1.34. The van der Waals surface area contributed by atoms with Crippen LogP contribution in [0.2, 0.25) is 0 Å². The topological polar surface area (TPSA) is 106 Å². The summed E-state index contributed by atoms with van der Waals surface area (Å²) < 4.78 is 24.5. The van der Waals surface area contributed by atoms with E-state index in [4.69, 9.17) is 0 Å². The van der Waals surface area contributed by atoms with Crippen LogP contribution in [0.5, 0.6) is 0 Å². The Morgan fingerprint density at radius 2 is 1.84 bits per heavy atom. The molecule has 0 radical (unpaired) electrons. The zero-order valence-corrected chi connectivity index (χ0v) is 14.2. The SMILES string of the molecule is CS(=O)(=O)c1ccc(NC(=O)c2ccc3nnc(C4CC4)n3n2)cc1. The molecule has 3 aromatic rings. The molecule has 9 heteroatoms. The molecule has 0 spiro atoms. The first kappa shape index (κ1) is 15.7. The third-order valence-electron chi connectivity index (χ3n) is 4.00. The van der Waals surface area contributed by atoms with Crippen LogP contribution in [0.15, 0.2) is 41.3 Å². The summed E-state index contributed by atoms with van der Waals surface area (Å²) >= 11 is 0. The maximum atomic E-state index is 12.4. The van der Waals surface area contributed by atoms with Gasteiger partial charge >= 0.3 is 0 Å². The third-order valence-corrected chi connectivity index (χ3v) is 5.13.